The number of carbonyl (C=O) groups excluding carboxylic acids is 2. The molecule has 1 saturated carbocycles. The maximum absolute atomic E-state index is 14.1. The molecule has 36 heavy (non-hydrogen) atoms. The molecule has 0 unspecified atom stereocenters. The number of benzene rings is 1. The number of alkyl halides is 7. The molecular weight excluding hydrogens is 541 g/mol. The molecule has 1 aromatic carbocycles. The Hall–Kier alpha value is -2.80. The van der Waals surface area contributed by atoms with Crippen molar-refractivity contribution in [2.24, 2.45) is 0 Å². The molecule has 0 spiro atoms. The van der Waals surface area contributed by atoms with E-state index in [4.69, 9.17) is 23.2 Å². The number of rotatable bonds is 7. The first kappa shape index (κ1) is 27.8. The van der Waals surface area contributed by atoms with E-state index in [1.54, 1.807) is 0 Å². The van der Waals surface area contributed by atoms with Gasteiger partial charge in [-0.3, -0.25) is 14.5 Å². The maximum atomic E-state index is 14.1. The van der Waals surface area contributed by atoms with Gasteiger partial charge in [-0.05, 0) is 25.0 Å². The molecule has 1 aromatic heterocycles. The lowest BCUT2D eigenvalue weighted by atomic mass is 9.92. The van der Waals surface area contributed by atoms with Crippen molar-refractivity contribution in [3.05, 3.63) is 47.5 Å². The number of amides is 2. The van der Waals surface area contributed by atoms with Crippen LogP contribution in [0.3, 0.4) is 0 Å². The molecule has 0 saturated heterocycles. The molecule has 2 amide bonds. The van der Waals surface area contributed by atoms with Crippen molar-refractivity contribution in [3.63, 3.8) is 0 Å². The molecule has 1 fully saturated rings. The van der Waals surface area contributed by atoms with Crippen LogP contribution in [0.15, 0.2) is 36.9 Å². The van der Waals surface area contributed by atoms with Crippen LogP contribution in [-0.2, 0) is 9.59 Å². The van der Waals surface area contributed by atoms with E-state index in [0.717, 1.165) is 30.9 Å². The maximum Gasteiger partial charge on any atom is 0.573 e. The van der Waals surface area contributed by atoms with E-state index in [9.17, 15) is 35.9 Å². The quantitative estimate of drug-likeness (QED) is 0.366. The van der Waals surface area contributed by atoms with Gasteiger partial charge in [-0.15, -0.1) is 13.2 Å². The second-order valence-electron chi connectivity index (χ2n) is 7.88. The van der Waals surface area contributed by atoms with Gasteiger partial charge in [0.15, 0.2) is 0 Å². The molecule has 2 atom stereocenters. The minimum atomic E-state index is -5.04. The fraction of sp³-hybridized carbons (Fsp3) is 0.429. The normalized spacial score (nSPS) is 17.7. The SMILES string of the molecule is O=C(NC1CCC(F)(F)CC1)[C@H](c1cncnc1)N(C(=O)[C@H](F)Cl)c1ccc(OC(F)(F)F)cc1Cl. The number of aromatic nitrogens is 2. The average Bonchev–Trinajstić information content (AvgIpc) is 2.78. The van der Waals surface area contributed by atoms with Crippen molar-refractivity contribution < 1.29 is 40.7 Å². The molecular formula is C21H18Cl2F6N4O3. The minimum absolute atomic E-state index is 0.0338. The van der Waals surface area contributed by atoms with Crippen LogP contribution in [0.1, 0.15) is 37.3 Å². The van der Waals surface area contributed by atoms with Gasteiger partial charge >= 0.3 is 6.36 Å². The molecule has 1 N–H and O–H groups in total. The third kappa shape index (κ3) is 7.12. The Morgan fingerprint density at radius 2 is 1.78 bits per heavy atom. The summed E-state index contributed by atoms with van der Waals surface area (Å²) in [6.45, 7) is 0. The zero-order chi connectivity index (χ0) is 26.7. The Labute approximate surface area is 210 Å². The fourth-order valence-electron chi connectivity index (χ4n) is 3.70. The number of nitrogens with zero attached hydrogens (tertiary/aromatic N) is 3. The summed E-state index contributed by atoms with van der Waals surface area (Å²) in [6.07, 6.45) is -2.70. The van der Waals surface area contributed by atoms with Gasteiger partial charge in [-0.25, -0.2) is 23.1 Å². The van der Waals surface area contributed by atoms with Crippen LogP contribution in [0.5, 0.6) is 5.75 Å². The molecule has 0 radical (unpaired) electrons. The summed E-state index contributed by atoms with van der Waals surface area (Å²) in [5, 5.41) is 2.05. The molecule has 15 heteroatoms. The Kier molecular flexibility index (Phi) is 8.55. The van der Waals surface area contributed by atoms with Crippen molar-refractivity contribution in [2.75, 3.05) is 4.90 Å². The lowest BCUT2D eigenvalue weighted by Crippen LogP contribution is -2.49. The van der Waals surface area contributed by atoms with E-state index < -0.39 is 65.4 Å². The Morgan fingerprint density at radius 3 is 2.31 bits per heavy atom. The lowest BCUT2D eigenvalue weighted by Gasteiger charge is -2.34. The Morgan fingerprint density at radius 1 is 1.17 bits per heavy atom. The van der Waals surface area contributed by atoms with E-state index in [2.05, 4.69) is 20.0 Å². The third-order valence-electron chi connectivity index (χ3n) is 5.30. The highest BCUT2D eigenvalue weighted by molar-refractivity contribution is 6.36. The highest BCUT2D eigenvalue weighted by Crippen LogP contribution is 2.38. The largest absolute Gasteiger partial charge is 0.573 e. The van der Waals surface area contributed by atoms with Crippen molar-refractivity contribution in [3.8, 4) is 5.75 Å². The predicted molar refractivity (Wildman–Crippen MR) is 116 cm³/mol. The summed E-state index contributed by atoms with van der Waals surface area (Å²) in [7, 11) is 0. The van der Waals surface area contributed by atoms with Crippen LogP contribution >= 0.6 is 23.2 Å². The van der Waals surface area contributed by atoms with Gasteiger partial charge in [0.25, 0.3) is 11.5 Å². The molecule has 7 nitrogen and oxygen atoms in total. The van der Waals surface area contributed by atoms with Gasteiger partial charge in [0.2, 0.25) is 11.8 Å². The third-order valence-corrected chi connectivity index (χ3v) is 5.79. The number of halogens is 8. The Balaban J connectivity index is 2.02. The number of hydrogen-bond acceptors (Lipinski definition) is 5. The predicted octanol–water partition coefficient (Wildman–Crippen LogP) is 5.33. The number of hydrogen-bond donors (Lipinski definition) is 1. The highest BCUT2D eigenvalue weighted by Gasteiger charge is 2.40. The molecule has 2 aromatic rings. The topological polar surface area (TPSA) is 84.4 Å². The number of anilines is 1. The second-order valence-corrected chi connectivity index (χ2v) is 8.67. The number of nitrogens with one attached hydrogen (secondary N) is 1. The summed E-state index contributed by atoms with van der Waals surface area (Å²) in [5.41, 5.74) is -3.09. The first-order valence-electron chi connectivity index (χ1n) is 10.4. The molecule has 0 bridgehead atoms. The van der Waals surface area contributed by atoms with Gasteiger partial charge in [0, 0.05) is 42.9 Å². The molecule has 1 heterocycles. The van der Waals surface area contributed by atoms with Gasteiger partial charge in [0.05, 0.1) is 10.7 Å². The first-order chi connectivity index (χ1) is 16.8. The van der Waals surface area contributed by atoms with Gasteiger partial charge in [0.1, 0.15) is 18.1 Å². The summed E-state index contributed by atoms with van der Waals surface area (Å²) in [6, 6.07) is 0.0368. The fourth-order valence-corrected chi connectivity index (χ4v) is 4.07. The second kappa shape index (κ2) is 11.1. The van der Waals surface area contributed by atoms with Gasteiger partial charge < -0.3 is 10.1 Å². The smallest absolute Gasteiger partial charge is 0.406 e. The van der Waals surface area contributed by atoms with E-state index in [1.807, 2.05) is 0 Å². The molecule has 196 valence electrons. The first-order valence-corrected chi connectivity index (χ1v) is 11.2. The van der Waals surface area contributed by atoms with Crippen molar-refractivity contribution in [1.82, 2.24) is 15.3 Å². The van der Waals surface area contributed by atoms with E-state index in [0.29, 0.717) is 11.0 Å². The molecule has 1 aliphatic rings. The van der Waals surface area contributed by atoms with Crippen LogP contribution in [0.25, 0.3) is 0 Å². The van der Waals surface area contributed by atoms with Crippen LogP contribution in [0.2, 0.25) is 5.02 Å². The highest BCUT2D eigenvalue weighted by atomic mass is 35.5. The number of ether oxygens (including phenoxy) is 1. The Bertz CT molecular complexity index is 1080. The van der Waals surface area contributed by atoms with E-state index in [-0.39, 0.29) is 24.1 Å². The molecule has 0 aliphatic heterocycles. The van der Waals surface area contributed by atoms with Gasteiger partial charge in [-0.2, -0.15) is 0 Å². The van der Waals surface area contributed by atoms with Crippen LogP contribution in [-0.4, -0.2) is 45.7 Å². The zero-order valence-electron chi connectivity index (χ0n) is 18.1. The van der Waals surface area contributed by atoms with Crippen LogP contribution < -0.4 is 15.0 Å². The van der Waals surface area contributed by atoms with Gasteiger partial charge in [-0.1, -0.05) is 23.2 Å². The van der Waals surface area contributed by atoms with Crippen LogP contribution in [0, 0.1) is 0 Å². The summed E-state index contributed by atoms with van der Waals surface area (Å²) >= 11 is 11.5. The number of carbonyl (C=O) groups is 2. The molecule has 3 rings (SSSR count). The monoisotopic (exact) mass is 558 g/mol. The summed E-state index contributed by atoms with van der Waals surface area (Å²) < 4.78 is 82.6. The van der Waals surface area contributed by atoms with Crippen LogP contribution in [0.4, 0.5) is 32.0 Å². The zero-order valence-corrected chi connectivity index (χ0v) is 19.6. The van der Waals surface area contributed by atoms with Crippen molar-refractivity contribution in [2.45, 2.75) is 55.7 Å². The van der Waals surface area contributed by atoms with E-state index in [1.165, 1.54) is 0 Å². The molecule has 1 aliphatic carbocycles. The lowest BCUT2D eigenvalue weighted by molar-refractivity contribution is -0.274. The van der Waals surface area contributed by atoms with Crippen molar-refractivity contribution >= 4 is 40.7 Å². The standard InChI is InChI=1S/C21H18Cl2F6N4O3/c22-14-7-13(36-21(27,28)29)1-2-15(14)33(19(35)17(23)24)16(11-8-30-10-31-9-11)18(34)32-12-3-5-20(25,26)6-4-12/h1-2,7-10,12,16-17H,3-6H2,(H,32,34)/t16-,17-/m0/s1. The minimum Gasteiger partial charge on any atom is -0.406 e. The van der Waals surface area contributed by atoms with E-state index >= 15 is 0 Å². The van der Waals surface area contributed by atoms with Crippen molar-refractivity contribution in [1.29, 1.82) is 0 Å². The average molecular weight is 559 g/mol. The summed E-state index contributed by atoms with van der Waals surface area (Å²) in [4.78, 5) is 34.3. The summed E-state index contributed by atoms with van der Waals surface area (Å²) in [5.74, 6) is -6.00.